The molecular weight excluding hydrogens is 292 g/mol. The second-order valence-corrected chi connectivity index (χ2v) is 5.06. The Kier molecular flexibility index (Phi) is 4.28. The van der Waals surface area contributed by atoms with E-state index in [2.05, 4.69) is 37.7 Å². The van der Waals surface area contributed by atoms with Crippen molar-refractivity contribution in [2.75, 3.05) is 5.43 Å². The van der Waals surface area contributed by atoms with Crippen molar-refractivity contribution in [1.82, 2.24) is 19.7 Å². The van der Waals surface area contributed by atoms with Gasteiger partial charge in [0.15, 0.2) is 0 Å². The molecule has 2 N–H and O–H groups in total. The molecule has 7 nitrogen and oxygen atoms in total. The molecule has 0 aliphatic carbocycles. The molecule has 7 heteroatoms. The van der Waals surface area contributed by atoms with Crippen molar-refractivity contribution in [3.05, 3.63) is 76.0 Å². The fourth-order valence-corrected chi connectivity index (χ4v) is 2.10. The number of hydrogen-bond acceptors (Lipinski definition) is 5. The zero-order valence-electron chi connectivity index (χ0n) is 12.6. The van der Waals surface area contributed by atoms with Crippen LogP contribution in [-0.2, 0) is 6.54 Å². The molecule has 0 spiro atoms. The predicted molar refractivity (Wildman–Crippen MR) is 88.6 cm³/mol. The van der Waals surface area contributed by atoms with Crippen molar-refractivity contribution in [3.63, 3.8) is 0 Å². The van der Waals surface area contributed by atoms with E-state index in [-0.39, 0.29) is 5.56 Å². The van der Waals surface area contributed by atoms with Crippen molar-refractivity contribution >= 4 is 12.2 Å². The average molecular weight is 308 g/mol. The number of anilines is 1. The van der Waals surface area contributed by atoms with Gasteiger partial charge in [0.25, 0.3) is 5.56 Å². The number of hydrogen-bond donors (Lipinski definition) is 2. The zero-order chi connectivity index (χ0) is 16.1. The molecule has 0 unspecified atom stereocenters. The number of benzene rings is 1. The number of aromatic amines is 1. The molecule has 0 amide bonds. The minimum atomic E-state index is -0.217. The molecule has 1 aromatic carbocycles. The van der Waals surface area contributed by atoms with Crippen LogP contribution in [0.25, 0.3) is 0 Å². The molecule has 0 aliphatic heterocycles. The number of nitrogens with one attached hydrogen (secondary N) is 2. The third-order valence-electron chi connectivity index (χ3n) is 3.09. The summed E-state index contributed by atoms with van der Waals surface area (Å²) in [6.45, 7) is 2.45. The molecule has 0 saturated heterocycles. The third kappa shape index (κ3) is 4.13. The largest absolute Gasteiger partial charge is 0.291 e. The van der Waals surface area contributed by atoms with Crippen LogP contribution < -0.4 is 11.0 Å². The summed E-state index contributed by atoms with van der Waals surface area (Å²) < 4.78 is 1.84. The highest BCUT2D eigenvalue weighted by atomic mass is 16.1. The highest BCUT2D eigenvalue weighted by Crippen LogP contribution is 2.03. The number of rotatable bonds is 5. The standard InChI is InChI=1S/C16H16N6O/c1-12-7-15(23)20-16(19-12)21-17-8-14-9-18-22(11-14)10-13-5-3-2-4-6-13/h2-9,11H,10H2,1H3,(H2,19,20,21,23)/b17-8-. The Morgan fingerprint density at radius 3 is 2.96 bits per heavy atom. The topological polar surface area (TPSA) is 88.0 Å². The van der Waals surface area contributed by atoms with Crippen molar-refractivity contribution in [3.8, 4) is 0 Å². The Morgan fingerprint density at radius 2 is 2.17 bits per heavy atom. The van der Waals surface area contributed by atoms with Gasteiger partial charge >= 0.3 is 0 Å². The Morgan fingerprint density at radius 1 is 1.35 bits per heavy atom. The van der Waals surface area contributed by atoms with Gasteiger partial charge in [0.1, 0.15) is 0 Å². The summed E-state index contributed by atoms with van der Waals surface area (Å²) in [5, 5.41) is 8.34. The highest BCUT2D eigenvalue weighted by molar-refractivity contribution is 5.79. The van der Waals surface area contributed by atoms with Crippen molar-refractivity contribution < 1.29 is 0 Å². The summed E-state index contributed by atoms with van der Waals surface area (Å²) in [5.41, 5.74) is 5.14. The van der Waals surface area contributed by atoms with Crippen molar-refractivity contribution in [1.29, 1.82) is 0 Å². The second kappa shape index (κ2) is 6.69. The number of hydrazone groups is 1. The normalized spacial score (nSPS) is 11.0. The molecule has 2 aromatic heterocycles. The van der Waals surface area contributed by atoms with Crippen LogP contribution in [0.5, 0.6) is 0 Å². The summed E-state index contributed by atoms with van der Waals surface area (Å²) in [7, 11) is 0. The van der Waals surface area contributed by atoms with E-state index >= 15 is 0 Å². The molecule has 3 aromatic rings. The van der Waals surface area contributed by atoms with Gasteiger partial charge < -0.3 is 0 Å². The molecule has 3 rings (SSSR count). The van der Waals surface area contributed by atoms with Crippen LogP contribution in [0.4, 0.5) is 5.95 Å². The molecule has 2 heterocycles. The van der Waals surface area contributed by atoms with Crippen LogP contribution in [0, 0.1) is 6.92 Å². The van der Waals surface area contributed by atoms with Gasteiger partial charge in [-0.15, -0.1) is 0 Å². The lowest BCUT2D eigenvalue weighted by molar-refractivity contribution is 0.687. The van der Waals surface area contributed by atoms with Crippen molar-refractivity contribution in [2.45, 2.75) is 13.5 Å². The fraction of sp³-hybridized carbons (Fsp3) is 0.125. The SMILES string of the molecule is Cc1cc(=O)[nH]c(N/N=C\c2cnn(Cc3ccccc3)c2)n1. The number of aryl methyl sites for hydroxylation is 1. The predicted octanol–water partition coefficient (Wildman–Crippen LogP) is 1.77. The van der Waals surface area contributed by atoms with E-state index in [0.29, 0.717) is 18.2 Å². The van der Waals surface area contributed by atoms with E-state index in [1.54, 1.807) is 19.3 Å². The summed E-state index contributed by atoms with van der Waals surface area (Å²) in [5.74, 6) is 0.308. The van der Waals surface area contributed by atoms with Gasteiger partial charge in [0.2, 0.25) is 5.95 Å². The first-order chi connectivity index (χ1) is 11.2. The van der Waals surface area contributed by atoms with Gasteiger partial charge in [-0.3, -0.25) is 14.5 Å². The molecule has 23 heavy (non-hydrogen) atoms. The Balaban J connectivity index is 1.63. The smallest absolute Gasteiger partial charge is 0.252 e. The highest BCUT2D eigenvalue weighted by Gasteiger charge is 1.98. The lowest BCUT2D eigenvalue weighted by Gasteiger charge is -2.00. The van der Waals surface area contributed by atoms with Crippen molar-refractivity contribution in [2.24, 2.45) is 5.10 Å². The first kappa shape index (κ1) is 14.7. The van der Waals surface area contributed by atoms with Gasteiger partial charge in [-0.05, 0) is 12.5 Å². The fourth-order valence-electron chi connectivity index (χ4n) is 2.10. The van der Waals surface area contributed by atoms with Gasteiger partial charge in [0.05, 0.1) is 19.0 Å². The summed E-state index contributed by atoms with van der Waals surface area (Å²) in [6, 6.07) is 11.5. The van der Waals surface area contributed by atoms with Gasteiger partial charge in [-0.2, -0.15) is 10.2 Å². The Labute approximate surface area is 132 Å². The van der Waals surface area contributed by atoms with Gasteiger partial charge in [-0.25, -0.2) is 10.4 Å². The summed E-state index contributed by atoms with van der Waals surface area (Å²) in [6.07, 6.45) is 5.24. The third-order valence-corrected chi connectivity index (χ3v) is 3.09. The van der Waals surface area contributed by atoms with E-state index in [1.807, 2.05) is 29.1 Å². The molecule has 0 bridgehead atoms. The summed E-state index contributed by atoms with van der Waals surface area (Å²) in [4.78, 5) is 18.0. The molecule has 0 atom stereocenters. The summed E-state index contributed by atoms with van der Waals surface area (Å²) >= 11 is 0. The van der Waals surface area contributed by atoms with Crippen LogP contribution in [0.1, 0.15) is 16.8 Å². The quantitative estimate of drug-likeness (QED) is 0.555. The molecule has 0 radical (unpaired) electrons. The van der Waals surface area contributed by atoms with Gasteiger partial charge in [0, 0.05) is 23.5 Å². The number of H-pyrrole nitrogens is 1. The van der Waals surface area contributed by atoms with Crippen LogP contribution >= 0.6 is 0 Å². The Hall–Kier alpha value is -3.22. The van der Waals surface area contributed by atoms with E-state index in [1.165, 1.54) is 11.6 Å². The minimum Gasteiger partial charge on any atom is -0.291 e. The Bertz CT molecular complexity index is 866. The first-order valence-corrected chi connectivity index (χ1v) is 7.12. The lowest BCUT2D eigenvalue weighted by Crippen LogP contribution is -2.10. The average Bonchev–Trinajstić information content (AvgIpc) is 2.95. The van der Waals surface area contributed by atoms with E-state index < -0.39 is 0 Å². The second-order valence-electron chi connectivity index (χ2n) is 5.06. The molecule has 0 aliphatic rings. The van der Waals surface area contributed by atoms with Crippen LogP contribution in [0.3, 0.4) is 0 Å². The molecule has 0 saturated carbocycles. The van der Waals surface area contributed by atoms with E-state index in [9.17, 15) is 4.79 Å². The maximum atomic E-state index is 11.3. The van der Waals surface area contributed by atoms with E-state index in [4.69, 9.17) is 0 Å². The molecule has 0 fully saturated rings. The first-order valence-electron chi connectivity index (χ1n) is 7.12. The maximum absolute atomic E-state index is 11.3. The number of aromatic nitrogens is 4. The maximum Gasteiger partial charge on any atom is 0.252 e. The van der Waals surface area contributed by atoms with E-state index in [0.717, 1.165) is 5.56 Å². The van der Waals surface area contributed by atoms with Crippen LogP contribution in [0.2, 0.25) is 0 Å². The van der Waals surface area contributed by atoms with Gasteiger partial charge in [-0.1, -0.05) is 30.3 Å². The van der Waals surface area contributed by atoms with Crippen LogP contribution in [0.15, 0.2) is 58.7 Å². The lowest BCUT2D eigenvalue weighted by atomic mass is 10.2. The van der Waals surface area contributed by atoms with Crippen LogP contribution in [-0.4, -0.2) is 26.0 Å². The molecular formula is C16H16N6O. The number of nitrogens with zero attached hydrogens (tertiary/aromatic N) is 4. The minimum absolute atomic E-state index is 0.217. The monoisotopic (exact) mass is 308 g/mol. The zero-order valence-corrected chi connectivity index (χ0v) is 12.6. The molecule has 116 valence electrons.